The lowest BCUT2D eigenvalue weighted by Gasteiger charge is -2.34. The molecule has 2 aromatic carbocycles. The molecular formula is C30H34N8O3. The minimum absolute atomic E-state index is 0.120. The largest absolute Gasteiger partial charge is 0.495 e. The molecule has 1 amide bonds. The zero-order valence-electron chi connectivity index (χ0n) is 23.7. The lowest BCUT2D eigenvalue weighted by Crippen LogP contribution is -2.44. The van der Waals surface area contributed by atoms with Crippen LogP contribution in [0, 0.1) is 0 Å². The van der Waals surface area contributed by atoms with E-state index in [0.717, 1.165) is 43.3 Å². The number of rotatable bonds is 8. The van der Waals surface area contributed by atoms with Gasteiger partial charge in [-0.15, -0.1) is 0 Å². The summed E-state index contributed by atoms with van der Waals surface area (Å²) in [6.45, 7) is 11.2. The second-order valence-corrected chi connectivity index (χ2v) is 10.2. The molecule has 3 heterocycles. The van der Waals surface area contributed by atoms with E-state index in [1.165, 1.54) is 10.6 Å². The Morgan fingerprint density at radius 3 is 2.56 bits per heavy atom. The molecule has 11 nitrogen and oxygen atoms in total. The van der Waals surface area contributed by atoms with Crippen molar-refractivity contribution in [1.29, 1.82) is 0 Å². The van der Waals surface area contributed by atoms with Crippen LogP contribution in [-0.4, -0.2) is 70.7 Å². The Morgan fingerprint density at radius 1 is 1.07 bits per heavy atom. The summed E-state index contributed by atoms with van der Waals surface area (Å²) in [7, 11) is 3.79. The average Bonchev–Trinajstić information content (AvgIpc) is 2.97. The van der Waals surface area contributed by atoms with Gasteiger partial charge in [0.2, 0.25) is 11.9 Å². The molecule has 0 atom stereocenters. The maximum Gasteiger partial charge on any atom is 0.278 e. The van der Waals surface area contributed by atoms with Crippen molar-refractivity contribution in [3.63, 3.8) is 0 Å². The van der Waals surface area contributed by atoms with E-state index in [1.807, 2.05) is 32.0 Å². The van der Waals surface area contributed by atoms with Crippen LogP contribution in [0.5, 0.6) is 5.75 Å². The minimum atomic E-state index is -0.347. The standard InChI is InChI=1S/C30H34N8O3/c1-6-26(39)32-20-8-7-9-22(16-20)38-28-23(34-27(19(2)3)29(38)40)18-31-30(35-28)33-21-10-11-24(25(17-21)41-5)37-14-12-36(4)13-15-37/h6-11,16-19H,1,12-15H2,2-5H3,(H,32,39)(H,31,33,35). The second kappa shape index (κ2) is 11.8. The number of aromatic nitrogens is 4. The van der Waals surface area contributed by atoms with Gasteiger partial charge < -0.3 is 25.2 Å². The first-order valence-corrected chi connectivity index (χ1v) is 13.5. The van der Waals surface area contributed by atoms with Gasteiger partial charge in [-0.1, -0.05) is 26.5 Å². The van der Waals surface area contributed by atoms with Crippen molar-refractivity contribution in [2.45, 2.75) is 19.8 Å². The summed E-state index contributed by atoms with van der Waals surface area (Å²) in [5.74, 6) is 0.583. The number of fused-ring (bicyclic) bond motifs is 1. The van der Waals surface area contributed by atoms with Crippen molar-refractivity contribution in [1.82, 2.24) is 24.4 Å². The fourth-order valence-corrected chi connectivity index (χ4v) is 4.78. The number of methoxy groups -OCH3 is 1. The van der Waals surface area contributed by atoms with E-state index in [1.54, 1.807) is 37.6 Å². The summed E-state index contributed by atoms with van der Waals surface area (Å²) < 4.78 is 7.23. The lowest BCUT2D eigenvalue weighted by atomic mass is 10.1. The van der Waals surface area contributed by atoms with E-state index < -0.39 is 0 Å². The van der Waals surface area contributed by atoms with E-state index in [9.17, 15) is 9.59 Å². The summed E-state index contributed by atoms with van der Waals surface area (Å²) in [6.07, 6.45) is 2.79. The zero-order valence-corrected chi connectivity index (χ0v) is 23.7. The SMILES string of the molecule is C=CC(=O)Nc1cccc(-n2c(=O)c(C(C)C)nc3cnc(Nc4ccc(N5CCN(C)CC5)c(OC)c4)nc32)c1. The molecule has 2 aromatic heterocycles. The Labute approximate surface area is 238 Å². The maximum atomic E-state index is 13.7. The molecule has 212 valence electrons. The molecule has 1 fully saturated rings. The molecular weight excluding hydrogens is 520 g/mol. The highest BCUT2D eigenvalue weighted by Crippen LogP contribution is 2.33. The van der Waals surface area contributed by atoms with Crippen molar-refractivity contribution >= 4 is 40.1 Å². The first kappa shape index (κ1) is 27.8. The normalized spacial score (nSPS) is 13.8. The van der Waals surface area contributed by atoms with E-state index in [2.05, 4.69) is 44.0 Å². The number of hydrogen-bond acceptors (Lipinski definition) is 9. The molecule has 1 saturated heterocycles. The number of carbonyl (C=O) groups is 1. The smallest absolute Gasteiger partial charge is 0.278 e. The van der Waals surface area contributed by atoms with Crippen molar-refractivity contribution in [2.24, 2.45) is 0 Å². The minimum Gasteiger partial charge on any atom is -0.495 e. The van der Waals surface area contributed by atoms with Crippen LogP contribution in [-0.2, 0) is 4.79 Å². The van der Waals surface area contributed by atoms with Gasteiger partial charge in [0.05, 0.1) is 24.7 Å². The molecule has 0 spiro atoms. The average molecular weight is 555 g/mol. The predicted octanol–water partition coefficient (Wildman–Crippen LogP) is 3.93. The highest BCUT2D eigenvalue weighted by Gasteiger charge is 2.20. The third-order valence-corrected chi connectivity index (χ3v) is 7.01. The fraction of sp³-hybridized carbons (Fsp3) is 0.300. The number of anilines is 4. The summed E-state index contributed by atoms with van der Waals surface area (Å²) in [4.78, 5) is 44.0. The van der Waals surface area contributed by atoms with Crippen LogP contribution in [0.2, 0.25) is 0 Å². The molecule has 0 unspecified atom stereocenters. The fourth-order valence-electron chi connectivity index (χ4n) is 4.78. The van der Waals surface area contributed by atoms with Crippen molar-refractivity contribution < 1.29 is 9.53 Å². The molecule has 11 heteroatoms. The molecule has 2 N–H and O–H groups in total. The van der Waals surface area contributed by atoms with Gasteiger partial charge in [0.1, 0.15) is 17.0 Å². The summed E-state index contributed by atoms with van der Waals surface area (Å²) in [5.41, 5.74) is 3.76. The van der Waals surface area contributed by atoms with Crippen LogP contribution in [0.15, 0.2) is 66.1 Å². The molecule has 1 aliphatic heterocycles. The first-order valence-electron chi connectivity index (χ1n) is 13.5. The number of likely N-dealkylation sites (N-methyl/N-ethyl adjacent to an activating group) is 1. The number of hydrogen-bond donors (Lipinski definition) is 2. The topological polar surface area (TPSA) is 118 Å². The Balaban J connectivity index is 1.54. The number of amides is 1. The first-order chi connectivity index (χ1) is 19.8. The van der Waals surface area contributed by atoms with Gasteiger partial charge in [0.15, 0.2) is 5.65 Å². The number of piperazine rings is 1. The van der Waals surface area contributed by atoms with Gasteiger partial charge >= 0.3 is 0 Å². The third kappa shape index (κ3) is 5.90. The number of nitrogens with one attached hydrogen (secondary N) is 2. The molecule has 5 rings (SSSR count). The van der Waals surface area contributed by atoms with Crippen LogP contribution in [0.25, 0.3) is 16.9 Å². The summed E-state index contributed by atoms with van der Waals surface area (Å²) in [5, 5.41) is 5.99. The van der Waals surface area contributed by atoms with Gasteiger partial charge in [-0.3, -0.25) is 14.2 Å². The molecule has 0 radical (unpaired) electrons. The van der Waals surface area contributed by atoms with Gasteiger partial charge in [-0.2, -0.15) is 4.98 Å². The second-order valence-electron chi connectivity index (χ2n) is 10.2. The number of carbonyl (C=O) groups excluding carboxylic acids is 1. The quantitative estimate of drug-likeness (QED) is 0.313. The van der Waals surface area contributed by atoms with E-state index in [4.69, 9.17) is 9.72 Å². The van der Waals surface area contributed by atoms with Crippen LogP contribution < -0.4 is 25.8 Å². The van der Waals surface area contributed by atoms with E-state index in [-0.39, 0.29) is 17.4 Å². The van der Waals surface area contributed by atoms with Gasteiger partial charge in [0, 0.05) is 49.5 Å². The third-order valence-electron chi connectivity index (χ3n) is 7.01. The summed E-state index contributed by atoms with van der Waals surface area (Å²) in [6, 6.07) is 12.9. The van der Waals surface area contributed by atoms with E-state index in [0.29, 0.717) is 34.2 Å². The molecule has 0 saturated carbocycles. The predicted molar refractivity (Wildman–Crippen MR) is 162 cm³/mol. The van der Waals surface area contributed by atoms with Crippen LogP contribution >= 0.6 is 0 Å². The number of nitrogens with zero attached hydrogens (tertiary/aromatic N) is 6. The molecule has 4 aromatic rings. The van der Waals surface area contributed by atoms with Crippen LogP contribution in [0.4, 0.5) is 23.0 Å². The molecule has 41 heavy (non-hydrogen) atoms. The lowest BCUT2D eigenvalue weighted by molar-refractivity contribution is -0.111. The number of ether oxygens (including phenoxy) is 1. The molecule has 0 bridgehead atoms. The Morgan fingerprint density at radius 2 is 1.85 bits per heavy atom. The number of benzene rings is 2. The monoisotopic (exact) mass is 554 g/mol. The van der Waals surface area contributed by atoms with Crippen molar-refractivity contribution in [2.75, 3.05) is 55.9 Å². The van der Waals surface area contributed by atoms with Crippen molar-refractivity contribution in [3.05, 3.63) is 77.4 Å². The highest BCUT2D eigenvalue weighted by molar-refractivity contribution is 5.99. The van der Waals surface area contributed by atoms with Crippen LogP contribution in [0.1, 0.15) is 25.5 Å². The summed E-state index contributed by atoms with van der Waals surface area (Å²) >= 11 is 0. The van der Waals surface area contributed by atoms with E-state index >= 15 is 0 Å². The Bertz CT molecular complexity index is 1660. The van der Waals surface area contributed by atoms with Gasteiger partial charge in [-0.25, -0.2) is 9.97 Å². The highest BCUT2D eigenvalue weighted by atomic mass is 16.5. The zero-order chi connectivity index (χ0) is 29.1. The maximum absolute atomic E-state index is 13.7. The van der Waals surface area contributed by atoms with Crippen molar-refractivity contribution in [3.8, 4) is 11.4 Å². The van der Waals surface area contributed by atoms with Gasteiger partial charge in [0.25, 0.3) is 5.56 Å². The van der Waals surface area contributed by atoms with Crippen LogP contribution in [0.3, 0.4) is 0 Å². The molecule has 1 aliphatic rings. The Hall–Kier alpha value is -4.77. The van der Waals surface area contributed by atoms with Gasteiger partial charge in [-0.05, 0) is 43.5 Å². The molecule has 0 aliphatic carbocycles. The Kier molecular flexibility index (Phi) is 7.97.